The van der Waals surface area contributed by atoms with Gasteiger partial charge < -0.3 is 10.4 Å². The Balaban J connectivity index is 2.10. The van der Waals surface area contributed by atoms with Gasteiger partial charge in [0.2, 0.25) is 0 Å². The number of rotatable bonds is 5. The Morgan fingerprint density at radius 1 is 1.09 bits per heavy atom. The predicted octanol–water partition coefficient (Wildman–Crippen LogP) is 4.41. The molecule has 0 radical (unpaired) electrons. The molecule has 1 unspecified atom stereocenters. The molecule has 0 aliphatic carbocycles. The van der Waals surface area contributed by atoms with E-state index < -0.39 is 11.7 Å². The number of hydrogen-bond acceptors (Lipinski definition) is 2. The maximum Gasteiger partial charge on any atom is 0.416 e. The zero-order valence-electron chi connectivity index (χ0n) is 12.2. The van der Waals surface area contributed by atoms with Gasteiger partial charge in [0.1, 0.15) is 0 Å². The van der Waals surface area contributed by atoms with E-state index in [1.165, 1.54) is 6.07 Å². The van der Waals surface area contributed by atoms with Crippen molar-refractivity contribution in [3.05, 3.63) is 65.2 Å². The minimum absolute atomic E-state index is 0.0907. The average Bonchev–Trinajstić information content (AvgIpc) is 2.49. The Morgan fingerprint density at radius 3 is 2.36 bits per heavy atom. The van der Waals surface area contributed by atoms with Crippen molar-refractivity contribution in [2.45, 2.75) is 25.6 Å². The normalized spacial score (nSPS) is 13.0. The maximum absolute atomic E-state index is 12.7. The third kappa shape index (κ3) is 4.24. The minimum Gasteiger partial charge on any atom is -0.396 e. The van der Waals surface area contributed by atoms with Gasteiger partial charge in [-0.25, -0.2) is 0 Å². The molecule has 0 aliphatic heterocycles. The van der Waals surface area contributed by atoms with Crippen molar-refractivity contribution in [2.75, 3.05) is 11.9 Å². The highest BCUT2D eigenvalue weighted by Gasteiger charge is 2.30. The number of aliphatic hydroxyl groups is 1. The number of nitrogens with one attached hydrogen (secondary N) is 1. The molecular weight excluding hydrogens is 291 g/mol. The highest BCUT2D eigenvalue weighted by atomic mass is 19.4. The first kappa shape index (κ1) is 16.4. The first-order valence-corrected chi connectivity index (χ1v) is 7.03. The van der Waals surface area contributed by atoms with Gasteiger partial charge in [-0.2, -0.15) is 13.2 Å². The fourth-order valence-electron chi connectivity index (χ4n) is 2.21. The Hall–Kier alpha value is -2.01. The van der Waals surface area contributed by atoms with E-state index in [9.17, 15) is 13.2 Å². The van der Waals surface area contributed by atoms with Crippen LogP contribution in [-0.4, -0.2) is 11.7 Å². The second-order valence-corrected chi connectivity index (χ2v) is 5.16. The lowest BCUT2D eigenvalue weighted by molar-refractivity contribution is -0.137. The van der Waals surface area contributed by atoms with Crippen LogP contribution in [-0.2, 0) is 12.6 Å². The molecule has 2 aromatic carbocycles. The van der Waals surface area contributed by atoms with Gasteiger partial charge in [-0.15, -0.1) is 0 Å². The molecule has 0 saturated carbocycles. The zero-order valence-corrected chi connectivity index (χ0v) is 12.2. The van der Waals surface area contributed by atoms with Gasteiger partial charge in [-0.05, 0) is 48.7 Å². The van der Waals surface area contributed by atoms with E-state index in [0.717, 1.165) is 23.4 Å². The highest BCUT2D eigenvalue weighted by Crippen LogP contribution is 2.31. The van der Waals surface area contributed by atoms with Gasteiger partial charge in [0.15, 0.2) is 0 Å². The summed E-state index contributed by atoms with van der Waals surface area (Å²) in [6.45, 7) is 1.91. The van der Waals surface area contributed by atoms with Crippen LogP contribution in [0.3, 0.4) is 0 Å². The number of anilines is 1. The Bertz CT molecular complexity index is 608. The lowest BCUT2D eigenvalue weighted by Gasteiger charge is -2.17. The summed E-state index contributed by atoms with van der Waals surface area (Å²) in [6.07, 6.45) is -3.74. The fourth-order valence-corrected chi connectivity index (χ4v) is 2.21. The molecule has 5 heteroatoms. The maximum atomic E-state index is 12.7. The van der Waals surface area contributed by atoms with Crippen LogP contribution in [0.5, 0.6) is 0 Å². The van der Waals surface area contributed by atoms with Crippen LogP contribution in [0.2, 0.25) is 0 Å². The van der Waals surface area contributed by atoms with Crippen LogP contribution < -0.4 is 5.32 Å². The standard InChI is InChI=1S/C17H18F3NO/c1-12(14-3-2-4-15(11-14)17(18,19)20)21-16-7-5-13(6-8-16)9-10-22/h2-8,11-12,21-22H,9-10H2,1H3. The third-order valence-electron chi connectivity index (χ3n) is 3.45. The van der Waals surface area contributed by atoms with E-state index in [0.29, 0.717) is 12.0 Å². The van der Waals surface area contributed by atoms with Crippen LogP contribution in [0, 0.1) is 0 Å². The summed E-state index contributed by atoms with van der Waals surface area (Å²) in [4.78, 5) is 0. The van der Waals surface area contributed by atoms with E-state index in [-0.39, 0.29) is 12.6 Å². The molecule has 0 aliphatic rings. The summed E-state index contributed by atoms with van der Waals surface area (Å²) in [5, 5.41) is 12.0. The molecule has 1 atom stereocenters. The fraction of sp³-hybridized carbons (Fsp3) is 0.294. The van der Waals surface area contributed by atoms with E-state index in [1.54, 1.807) is 6.07 Å². The molecule has 0 fully saturated rings. The van der Waals surface area contributed by atoms with Crippen molar-refractivity contribution in [3.8, 4) is 0 Å². The number of aliphatic hydroxyl groups excluding tert-OH is 1. The molecule has 2 rings (SSSR count). The lowest BCUT2D eigenvalue weighted by atomic mass is 10.0. The molecule has 2 aromatic rings. The largest absolute Gasteiger partial charge is 0.416 e. The minimum atomic E-state index is -4.33. The first-order chi connectivity index (χ1) is 10.4. The molecule has 0 saturated heterocycles. The smallest absolute Gasteiger partial charge is 0.396 e. The van der Waals surface area contributed by atoms with Crippen molar-refractivity contribution in [2.24, 2.45) is 0 Å². The third-order valence-corrected chi connectivity index (χ3v) is 3.45. The van der Waals surface area contributed by atoms with Crippen molar-refractivity contribution in [1.29, 1.82) is 0 Å². The van der Waals surface area contributed by atoms with Crippen LogP contribution in [0.25, 0.3) is 0 Å². The van der Waals surface area contributed by atoms with Crippen molar-refractivity contribution >= 4 is 5.69 Å². The summed E-state index contributed by atoms with van der Waals surface area (Å²) < 4.78 is 38.2. The van der Waals surface area contributed by atoms with Gasteiger partial charge in [-0.1, -0.05) is 24.3 Å². The monoisotopic (exact) mass is 309 g/mol. The summed E-state index contributed by atoms with van der Waals surface area (Å²) in [5.74, 6) is 0. The summed E-state index contributed by atoms with van der Waals surface area (Å²) in [6, 6.07) is 12.6. The molecule has 0 amide bonds. The van der Waals surface area contributed by atoms with Crippen LogP contribution in [0.15, 0.2) is 48.5 Å². The van der Waals surface area contributed by atoms with Crippen molar-refractivity contribution < 1.29 is 18.3 Å². The SMILES string of the molecule is CC(Nc1ccc(CCO)cc1)c1cccc(C(F)(F)F)c1. The lowest BCUT2D eigenvalue weighted by Crippen LogP contribution is -2.10. The summed E-state index contributed by atoms with van der Waals surface area (Å²) in [7, 11) is 0. The van der Waals surface area contributed by atoms with E-state index in [1.807, 2.05) is 31.2 Å². The van der Waals surface area contributed by atoms with Crippen LogP contribution >= 0.6 is 0 Å². The Labute approximate surface area is 127 Å². The van der Waals surface area contributed by atoms with Crippen LogP contribution in [0.1, 0.15) is 29.7 Å². The first-order valence-electron chi connectivity index (χ1n) is 7.03. The van der Waals surface area contributed by atoms with Gasteiger partial charge >= 0.3 is 6.18 Å². The molecule has 2 nitrogen and oxygen atoms in total. The number of halogens is 3. The average molecular weight is 309 g/mol. The summed E-state index contributed by atoms with van der Waals surface area (Å²) >= 11 is 0. The van der Waals surface area contributed by atoms with Gasteiger partial charge in [0.05, 0.1) is 5.56 Å². The molecule has 0 spiro atoms. The van der Waals surface area contributed by atoms with Crippen molar-refractivity contribution in [1.82, 2.24) is 0 Å². The quantitative estimate of drug-likeness (QED) is 0.857. The van der Waals surface area contributed by atoms with Crippen LogP contribution in [0.4, 0.5) is 18.9 Å². The molecule has 118 valence electrons. The molecule has 2 N–H and O–H groups in total. The molecule has 0 heterocycles. The number of benzene rings is 2. The number of hydrogen-bond donors (Lipinski definition) is 2. The molecular formula is C17H18F3NO. The van der Waals surface area contributed by atoms with E-state index in [4.69, 9.17) is 5.11 Å². The van der Waals surface area contributed by atoms with E-state index in [2.05, 4.69) is 5.32 Å². The van der Waals surface area contributed by atoms with Crippen molar-refractivity contribution in [3.63, 3.8) is 0 Å². The molecule has 0 aromatic heterocycles. The predicted molar refractivity (Wildman–Crippen MR) is 80.7 cm³/mol. The number of alkyl halides is 3. The van der Waals surface area contributed by atoms with Gasteiger partial charge in [-0.3, -0.25) is 0 Å². The summed E-state index contributed by atoms with van der Waals surface area (Å²) in [5.41, 5.74) is 1.78. The topological polar surface area (TPSA) is 32.3 Å². The zero-order chi connectivity index (χ0) is 16.2. The second kappa shape index (κ2) is 6.83. The van der Waals surface area contributed by atoms with Gasteiger partial charge in [0.25, 0.3) is 0 Å². The Kier molecular flexibility index (Phi) is 5.08. The van der Waals surface area contributed by atoms with E-state index >= 15 is 0 Å². The molecule has 0 bridgehead atoms. The Morgan fingerprint density at radius 2 is 1.77 bits per heavy atom. The molecule has 22 heavy (non-hydrogen) atoms. The van der Waals surface area contributed by atoms with Gasteiger partial charge in [0, 0.05) is 18.3 Å². The second-order valence-electron chi connectivity index (χ2n) is 5.16. The highest BCUT2D eigenvalue weighted by molar-refractivity contribution is 5.47.